The zero-order valence-corrected chi connectivity index (χ0v) is 12.7. The van der Waals surface area contributed by atoms with Crippen LogP contribution in [0.1, 0.15) is 64.7 Å². The second-order valence-electron chi connectivity index (χ2n) is 5.61. The fourth-order valence-electron chi connectivity index (χ4n) is 2.47. The Balaban J connectivity index is 2.27. The van der Waals surface area contributed by atoms with Crippen molar-refractivity contribution in [2.45, 2.75) is 76.8 Å². The van der Waals surface area contributed by atoms with E-state index in [1.807, 2.05) is 0 Å². The Morgan fingerprint density at radius 2 is 1.95 bits per heavy atom. The first-order chi connectivity index (χ1) is 10.0. The molecule has 0 aliphatic carbocycles. The topological polar surface area (TPSA) is 95.5 Å². The maximum atomic E-state index is 11.9. The number of rotatable bonds is 10. The fourth-order valence-corrected chi connectivity index (χ4v) is 2.47. The van der Waals surface area contributed by atoms with Crippen LogP contribution in [0.25, 0.3) is 0 Å². The van der Waals surface area contributed by atoms with E-state index in [1.165, 1.54) is 19.3 Å². The van der Waals surface area contributed by atoms with Crippen molar-refractivity contribution in [3.8, 4) is 0 Å². The quantitative estimate of drug-likeness (QED) is 0.534. The number of carbonyl (C=O) groups excluding carboxylic acids is 2. The lowest BCUT2D eigenvalue weighted by molar-refractivity contribution is -0.142. The Kier molecular flexibility index (Phi) is 7.79. The average molecular weight is 298 g/mol. The van der Waals surface area contributed by atoms with E-state index in [4.69, 9.17) is 5.11 Å². The molecule has 2 amide bonds. The van der Waals surface area contributed by atoms with E-state index < -0.39 is 18.1 Å². The standard InChI is InChI=1S/C15H26N2O4/c1-2-3-4-5-6-7-8-12(15(20)21)17-14(19)11-9-10-13(18)16-11/h11-12H,2-10H2,1H3,(H,16,18)(H,17,19)(H,20,21)/t11-,12+/m0/s1. The molecule has 0 aromatic rings. The van der Waals surface area contributed by atoms with Crippen molar-refractivity contribution in [3.63, 3.8) is 0 Å². The number of carbonyl (C=O) groups is 3. The summed E-state index contributed by atoms with van der Waals surface area (Å²) in [5.74, 6) is -1.56. The van der Waals surface area contributed by atoms with E-state index in [1.54, 1.807) is 0 Å². The molecule has 0 radical (unpaired) electrons. The van der Waals surface area contributed by atoms with E-state index in [0.717, 1.165) is 19.3 Å². The molecule has 120 valence electrons. The third kappa shape index (κ3) is 6.60. The Labute approximate surface area is 125 Å². The Bertz CT molecular complexity index is 371. The third-order valence-corrected chi connectivity index (χ3v) is 3.77. The lowest BCUT2D eigenvalue weighted by Gasteiger charge is -2.17. The average Bonchev–Trinajstić information content (AvgIpc) is 2.87. The van der Waals surface area contributed by atoms with Crippen LogP contribution in [0.3, 0.4) is 0 Å². The van der Waals surface area contributed by atoms with Gasteiger partial charge in [0.05, 0.1) is 0 Å². The van der Waals surface area contributed by atoms with Gasteiger partial charge in [0.25, 0.3) is 0 Å². The molecule has 1 fully saturated rings. The number of nitrogens with one attached hydrogen (secondary N) is 2. The first-order valence-electron chi connectivity index (χ1n) is 7.87. The molecule has 0 aromatic heterocycles. The van der Waals surface area contributed by atoms with Gasteiger partial charge >= 0.3 is 5.97 Å². The molecule has 0 bridgehead atoms. The number of aliphatic carboxylic acids is 1. The number of hydrogen-bond acceptors (Lipinski definition) is 3. The lowest BCUT2D eigenvalue weighted by atomic mass is 10.1. The highest BCUT2D eigenvalue weighted by Gasteiger charge is 2.30. The number of amides is 2. The van der Waals surface area contributed by atoms with Crippen LogP contribution in [0, 0.1) is 0 Å². The van der Waals surface area contributed by atoms with Crippen LogP contribution in [-0.2, 0) is 14.4 Å². The van der Waals surface area contributed by atoms with Crippen LogP contribution in [0.5, 0.6) is 0 Å². The molecule has 1 saturated heterocycles. The van der Waals surface area contributed by atoms with Crippen molar-refractivity contribution in [1.82, 2.24) is 10.6 Å². The SMILES string of the molecule is CCCCCCCC[C@@H](NC(=O)[C@@H]1CCC(=O)N1)C(=O)O. The molecule has 1 aliphatic heterocycles. The molecule has 1 aliphatic rings. The molecular formula is C15H26N2O4. The highest BCUT2D eigenvalue weighted by Crippen LogP contribution is 2.11. The summed E-state index contributed by atoms with van der Waals surface area (Å²) in [4.78, 5) is 34.1. The van der Waals surface area contributed by atoms with Crippen molar-refractivity contribution in [2.75, 3.05) is 0 Å². The van der Waals surface area contributed by atoms with Gasteiger partial charge in [0.1, 0.15) is 12.1 Å². The smallest absolute Gasteiger partial charge is 0.326 e. The lowest BCUT2D eigenvalue weighted by Crippen LogP contribution is -2.48. The van der Waals surface area contributed by atoms with E-state index in [9.17, 15) is 14.4 Å². The van der Waals surface area contributed by atoms with Crippen LogP contribution in [-0.4, -0.2) is 35.0 Å². The van der Waals surface area contributed by atoms with Gasteiger partial charge in [0.2, 0.25) is 11.8 Å². The van der Waals surface area contributed by atoms with Gasteiger partial charge in [-0.25, -0.2) is 4.79 Å². The Morgan fingerprint density at radius 1 is 1.29 bits per heavy atom. The van der Waals surface area contributed by atoms with Gasteiger partial charge < -0.3 is 15.7 Å². The summed E-state index contributed by atoms with van der Waals surface area (Å²) in [6.45, 7) is 2.15. The van der Waals surface area contributed by atoms with E-state index >= 15 is 0 Å². The number of carboxylic acids is 1. The van der Waals surface area contributed by atoms with Crippen LogP contribution in [0.2, 0.25) is 0 Å². The zero-order valence-electron chi connectivity index (χ0n) is 12.7. The number of carboxylic acid groups (broad SMARTS) is 1. The first kappa shape index (κ1) is 17.5. The maximum absolute atomic E-state index is 11.9. The second kappa shape index (κ2) is 9.37. The molecule has 21 heavy (non-hydrogen) atoms. The minimum atomic E-state index is -1.01. The summed E-state index contributed by atoms with van der Waals surface area (Å²) >= 11 is 0. The summed E-state index contributed by atoms with van der Waals surface area (Å²) in [5, 5.41) is 14.2. The molecule has 2 atom stereocenters. The maximum Gasteiger partial charge on any atom is 0.326 e. The second-order valence-corrected chi connectivity index (χ2v) is 5.61. The molecular weight excluding hydrogens is 272 g/mol. The molecule has 6 nitrogen and oxygen atoms in total. The summed E-state index contributed by atoms with van der Waals surface area (Å²) < 4.78 is 0. The summed E-state index contributed by atoms with van der Waals surface area (Å²) in [5.41, 5.74) is 0. The molecule has 6 heteroatoms. The highest BCUT2D eigenvalue weighted by atomic mass is 16.4. The molecule has 1 heterocycles. The Morgan fingerprint density at radius 3 is 2.52 bits per heavy atom. The van der Waals surface area contributed by atoms with Crippen LogP contribution in [0.4, 0.5) is 0 Å². The van der Waals surface area contributed by atoms with E-state index in [2.05, 4.69) is 17.6 Å². The fraction of sp³-hybridized carbons (Fsp3) is 0.800. The number of hydrogen-bond donors (Lipinski definition) is 3. The monoisotopic (exact) mass is 298 g/mol. The van der Waals surface area contributed by atoms with E-state index in [0.29, 0.717) is 19.3 Å². The van der Waals surface area contributed by atoms with Crippen molar-refractivity contribution in [2.24, 2.45) is 0 Å². The molecule has 1 rings (SSSR count). The van der Waals surface area contributed by atoms with Crippen molar-refractivity contribution in [1.29, 1.82) is 0 Å². The summed E-state index contributed by atoms with van der Waals surface area (Å²) in [6.07, 6.45) is 7.65. The van der Waals surface area contributed by atoms with E-state index in [-0.39, 0.29) is 11.8 Å². The summed E-state index contributed by atoms with van der Waals surface area (Å²) in [7, 11) is 0. The van der Waals surface area contributed by atoms with Gasteiger partial charge in [-0.05, 0) is 12.8 Å². The van der Waals surface area contributed by atoms with Crippen LogP contribution in [0.15, 0.2) is 0 Å². The van der Waals surface area contributed by atoms with Gasteiger partial charge in [-0.3, -0.25) is 9.59 Å². The minimum Gasteiger partial charge on any atom is -0.480 e. The Hall–Kier alpha value is -1.59. The van der Waals surface area contributed by atoms with Gasteiger partial charge in [-0.2, -0.15) is 0 Å². The minimum absolute atomic E-state index is 0.155. The molecule has 0 unspecified atom stereocenters. The van der Waals surface area contributed by atoms with Crippen molar-refractivity contribution < 1.29 is 19.5 Å². The highest BCUT2D eigenvalue weighted by molar-refractivity contribution is 5.92. The molecule has 0 aromatic carbocycles. The van der Waals surface area contributed by atoms with Crippen LogP contribution < -0.4 is 10.6 Å². The summed E-state index contributed by atoms with van der Waals surface area (Å²) in [6, 6.07) is -1.44. The predicted octanol–water partition coefficient (Wildman–Crippen LogP) is 1.58. The number of unbranched alkanes of at least 4 members (excludes halogenated alkanes) is 5. The van der Waals surface area contributed by atoms with Crippen molar-refractivity contribution >= 4 is 17.8 Å². The van der Waals surface area contributed by atoms with Crippen LogP contribution >= 0.6 is 0 Å². The van der Waals surface area contributed by atoms with Gasteiger partial charge in [0, 0.05) is 6.42 Å². The van der Waals surface area contributed by atoms with Gasteiger partial charge in [0.15, 0.2) is 0 Å². The van der Waals surface area contributed by atoms with Crippen molar-refractivity contribution in [3.05, 3.63) is 0 Å². The molecule has 0 saturated carbocycles. The molecule has 0 spiro atoms. The normalized spacial score (nSPS) is 19.1. The molecule has 3 N–H and O–H groups in total. The third-order valence-electron chi connectivity index (χ3n) is 3.77. The largest absolute Gasteiger partial charge is 0.480 e. The van der Waals surface area contributed by atoms with Gasteiger partial charge in [-0.15, -0.1) is 0 Å². The first-order valence-corrected chi connectivity index (χ1v) is 7.87. The predicted molar refractivity (Wildman–Crippen MR) is 78.7 cm³/mol. The van der Waals surface area contributed by atoms with Gasteiger partial charge in [-0.1, -0.05) is 45.4 Å². The zero-order chi connectivity index (χ0) is 15.7.